The first-order chi connectivity index (χ1) is 6.58. The number of aromatic nitrogens is 3. The van der Waals surface area contributed by atoms with Crippen molar-refractivity contribution in [2.45, 2.75) is 45.6 Å². The summed E-state index contributed by atoms with van der Waals surface area (Å²) in [5.41, 5.74) is 0.497. The van der Waals surface area contributed by atoms with Gasteiger partial charge < -0.3 is 4.57 Å². The summed E-state index contributed by atoms with van der Waals surface area (Å²) in [5, 5.41) is 8.14. The fraction of sp³-hybridized carbons (Fsp3) is 0.800. The number of halogens is 1. The molecule has 0 radical (unpaired) electrons. The van der Waals surface area contributed by atoms with E-state index < -0.39 is 0 Å². The molecule has 14 heavy (non-hydrogen) atoms. The second-order valence-corrected chi connectivity index (χ2v) is 5.24. The molecule has 2 rings (SSSR count). The molecular formula is C10H16ClN3. The van der Waals surface area contributed by atoms with Crippen molar-refractivity contribution in [1.29, 1.82) is 0 Å². The molecule has 0 N–H and O–H groups in total. The predicted octanol–water partition coefficient (Wildman–Crippen LogP) is 3.07. The van der Waals surface area contributed by atoms with Gasteiger partial charge in [-0.1, -0.05) is 13.8 Å². The Labute approximate surface area is 89.5 Å². The number of hydrogen-bond acceptors (Lipinski definition) is 2. The van der Waals surface area contributed by atoms with Gasteiger partial charge in [0.15, 0.2) is 0 Å². The molecule has 0 spiro atoms. The van der Waals surface area contributed by atoms with E-state index in [1.54, 1.807) is 6.33 Å². The lowest BCUT2D eigenvalue weighted by Crippen LogP contribution is -2.23. The zero-order valence-electron chi connectivity index (χ0n) is 8.70. The lowest BCUT2D eigenvalue weighted by molar-refractivity contribution is 0.193. The van der Waals surface area contributed by atoms with Crippen molar-refractivity contribution in [2.75, 3.05) is 0 Å². The van der Waals surface area contributed by atoms with E-state index in [9.17, 15) is 0 Å². The average molecular weight is 214 g/mol. The minimum absolute atomic E-state index is 0.497. The molecule has 1 saturated carbocycles. The molecule has 0 saturated heterocycles. The maximum Gasteiger partial charge on any atom is 0.225 e. The molecule has 0 amide bonds. The first-order valence-corrected chi connectivity index (χ1v) is 5.51. The molecule has 0 bridgehead atoms. The molecule has 0 aromatic carbocycles. The Morgan fingerprint density at radius 3 is 2.57 bits per heavy atom. The highest BCUT2D eigenvalue weighted by molar-refractivity contribution is 6.28. The third-order valence-electron chi connectivity index (χ3n) is 3.23. The molecule has 0 atom stereocenters. The van der Waals surface area contributed by atoms with Gasteiger partial charge in [-0.3, -0.25) is 0 Å². The van der Waals surface area contributed by atoms with Gasteiger partial charge in [0.25, 0.3) is 0 Å². The Hall–Kier alpha value is -0.570. The molecule has 0 aliphatic heterocycles. The van der Waals surface area contributed by atoms with E-state index in [-0.39, 0.29) is 0 Å². The lowest BCUT2D eigenvalue weighted by atomic mass is 9.75. The summed E-state index contributed by atoms with van der Waals surface area (Å²) in [6, 6.07) is 0.505. The fourth-order valence-corrected chi connectivity index (χ4v) is 2.36. The van der Waals surface area contributed by atoms with E-state index in [0.29, 0.717) is 16.7 Å². The van der Waals surface area contributed by atoms with Gasteiger partial charge in [0.1, 0.15) is 6.33 Å². The summed E-state index contributed by atoms with van der Waals surface area (Å²) >= 11 is 5.93. The smallest absolute Gasteiger partial charge is 0.225 e. The first kappa shape index (κ1) is 9.97. The maximum atomic E-state index is 5.93. The van der Waals surface area contributed by atoms with Gasteiger partial charge in [0, 0.05) is 6.04 Å². The van der Waals surface area contributed by atoms with Crippen molar-refractivity contribution in [2.24, 2.45) is 5.41 Å². The SMILES string of the molecule is CC1(C)CCC(n2cnnc2Cl)CC1. The van der Waals surface area contributed by atoms with Gasteiger partial charge in [-0.25, -0.2) is 0 Å². The lowest BCUT2D eigenvalue weighted by Gasteiger charge is -2.34. The Morgan fingerprint density at radius 1 is 1.43 bits per heavy atom. The van der Waals surface area contributed by atoms with E-state index in [1.807, 2.05) is 4.57 Å². The summed E-state index contributed by atoms with van der Waals surface area (Å²) in [4.78, 5) is 0. The van der Waals surface area contributed by atoms with Crippen LogP contribution in [0.3, 0.4) is 0 Å². The van der Waals surface area contributed by atoms with Crippen LogP contribution in [0.5, 0.6) is 0 Å². The van der Waals surface area contributed by atoms with E-state index in [4.69, 9.17) is 11.6 Å². The van der Waals surface area contributed by atoms with Crippen molar-refractivity contribution < 1.29 is 0 Å². The van der Waals surface area contributed by atoms with Crippen LogP contribution < -0.4 is 0 Å². The van der Waals surface area contributed by atoms with Crippen molar-refractivity contribution in [3.63, 3.8) is 0 Å². The normalized spacial score (nSPS) is 22.5. The summed E-state index contributed by atoms with van der Waals surface area (Å²) < 4.78 is 2.00. The Morgan fingerprint density at radius 2 is 2.07 bits per heavy atom. The average Bonchev–Trinajstić information content (AvgIpc) is 2.52. The van der Waals surface area contributed by atoms with Crippen LogP contribution in [0.25, 0.3) is 0 Å². The highest BCUT2D eigenvalue weighted by Crippen LogP contribution is 2.40. The zero-order valence-corrected chi connectivity index (χ0v) is 9.46. The molecule has 0 unspecified atom stereocenters. The second-order valence-electron chi connectivity index (χ2n) is 4.90. The molecule has 4 heteroatoms. The van der Waals surface area contributed by atoms with Crippen molar-refractivity contribution in [1.82, 2.24) is 14.8 Å². The van der Waals surface area contributed by atoms with E-state index in [2.05, 4.69) is 24.0 Å². The molecule has 1 aliphatic rings. The maximum absolute atomic E-state index is 5.93. The van der Waals surface area contributed by atoms with Crippen LogP contribution in [0, 0.1) is 5.41 Å². The van der Waals surface area contributed by atoms with Crippen LogP contribution in [-0.2, 0) is 0 Å². The van der Waals surface area contributed by atoms with E-state index in [0.717, 1.165) is 0 Å². The number of nitrogens with zero attached hydrogens (tertiary/aromatic N) is 3. The highest BCUT2D eigenvalue weighted by Gasteiger charge is 2.28. The van der Waals surface area contributed by atoms with E-state index in [1.165, 1.54) is 25.7 Å². The largest absolute Gasteiger partial charge is 0.301 e. The van der Waals surface area contributed by atoms with Crippen molar-refractivity contribution >= 4 is 11.6 Å². The van der Waals surface area contributed by atoms with Gasteiger partial charge in [-0.2, -0.15) is 0 Å². The minimum Gasteiger partial charge on any atom is -0.301 e. The Bertz CT molecular complexity index is 309. The number of hydrogen-bond donors (Lipinski definition) is 0. The van der Waals surface area contributed by atoms with Crippen LogP contribution in [-0.4, -0.2) is 14.8 Å². The number of rotatable bonds is 1. The second kappa shape index (κ2) is 3.54. The van der Waals surface area contributed by atoms with Crippen molar-refractivity contribution in [3.8, 4) is 0 Å². The summed E-state index contributed by atoms with van der Waals surface area (Å²) in [7, 11) is 0. The van der Waals surface area contributed by atoms with Crippen LogP contribution in [0.2, 0.25) is 5.28 Å². The molecule has 1 aliphatic carbocycles. The molecule has 3 nitrogen and oxygen atoms in total. The van der Waals surface area contributed by atoms with Crippen molar-refractivity contribution in [3.05, 3.63) is 11.6 Å². The fourth-order valence-electron chi connectivity index (χ4n) is 2.14. The molecule has 1 aromatic heterocycles. The Balaban J connectivity index is 2.06. The van der Waals surface area contributed by atoms with Gasteiger partial charge in [0.2, 0.25) is 5.28 Å². The van der Waals surface area contributed by atoms with Gasteiger partial charge in [-0.15, -0.1) is 10.2 Å². The third kappa shape index (κ3) is 1.92. The summed E-state index contributed by atoms with van der Waals surface area (Å²) in [5.74, 6) is 0. The van der Waals surface area contributed by atoms with Gasteiger partial charge in [0.05, 0.1) is 0 Å². The monoisotopic (exact) mass is 213 g/mol. The molecule has 78 valence electrons. The van der Waals surface area contributed by atoms with Gasteiger partial charge >= 0.3 is 0 Å². The minimum atomic E-state index is 0.497. The van der Waals surface area contributed by atoms with Crippen LogP contribution in [0.1, 0.15) is 45.6 Å². The third-order valence-corrected chi connectivity index (χ3v) is 3.50. The first-order valence-electron chi connectivity index (χ1n) is 5.13. The standard InChI is InChI=1S/C10H16ClN3/c1-10(2)5-3-8(4-6-10)14-7-12-13-9(14)11/h7-8H,3-6H2,1-2H3. The van der Waals surface area contributed by atoms with Gasteiger partial charge in [-0.05, 0) is 42.7 Å². The predicted molar refractivity (Wildman–Crippen MR) is 56.3 cm³/mol. The molecule has 1 aromatic rings. The quantitative estimate of drug-likeness (QED) is 0.718. The van der Waals surface area contributed by atoms with E-state index >= 15 is 0 Å². The summed E-state index contributed by atoms with van der Waals surface area (Å²) in [6.45, 7) is 4.66. The highest BCUT2D eigenvalue weighted by atomic mass is 35.5. The van der Waals surface area contributed by atoms with Crippen LogP contribution in [0.4, 0.5) is 0 Å². The molecular weight excluding hydrogens is 198 g/mol. The van der Waals surface area contributed by atoms with Crippen LogP contribution >= 0.6 is 11.6 Å². The molecule has 1 fully saturated rings. The summed E-state index contributed by atoms with van der Waals surface area (Å²) in [6.07, 6.45) is 6.62. The Kier molecular flexibility index (Phi) is 2.52. The van der Waals surface area contributed by atoms with Crippen LogP contribution in [0.15, 0.2) is 6.33 Å². The zero-order chi connectivity index (χ0) is 10.2. The molecule has 1 heterocycles. The topological polar surface area (TPSA) is 30.7 Å².